The van der Waals surface area contributed by atoms with Crippen molar-refractivity contribution in [1.29, 1.82) is 0 Å². The van der Waals surface area contributed by atoms with Crippen LogP contribution in [0.5, 0.6) is 0 Å². The summed E-state index contributed by atoms with van der Waals surface area (Å²) in [5.74, 6) is 0.542. The number of aromatic nitrogens is 2. The Labute approximate surface area is 132 Å². The summed E-state index contributed by atoms with van der Waals surface area (Å²) >= 11 is 1.35. The number of aryl methyl sites for hydroxylation is 1. The molecule has 3 heterocycles. The van der Waals surface area contributed by atoms with Gasteiger partial charge in [-0.25, -0.2) is 9.98 Å². The first kappa shape index (κ1) is 14.5. The minimum Gasteiger partial charge on any atom is -0.289 e. The van der Waals surface area contributed by atoms with E-state index in [0.29, 0.717) is 15.9 Å². The lowest BCUT2D eigenvalue weighted by molar-refractivity contribution is -0.121. The summed E-state index contributed by atoms with van der Waals surface area (Å²) in [5, 5.41) is 0.628. The first-order chi connectivity index (χ1) is 10.6. The molecule has 0 unspecified atom stereocenters. The number of hydrogen-bond acceptors (Lipinski definition) is 5. The Kier molecular flexibility index (Phi) is 4.02. The molecule has 1 saturated heterocycles. The van der Waals surface area contributed by atoms with Crippen molar-refractivity contribution in [2.75, 3.05) is 7.05 Å². The van der Waals surface area contributed by atoms with Gasteiger partial charge in [-0.2, -0.15) is 0 Å². The molecule has 1 amide bonds. The van der Waals surface area contributed by atoms with E-state index in [4.69, 9.17) is 0 Å². The van der Waals surface area contributed by atoms with Crippen LogP contribution in [0.2, 0.25) is 0 Å². The van der Waals surface area contributed by atoms with Crippen LogP contribution in [0.15, 0.2) is 52.6 Å². The number of amides is 1. The van der Waals surface area contributed by atoms with E-state index in [1.165, 1.54) is 11.8 Å². The molecule has 0 spiro atoms. The van der Waals surface area contributed by atoms with Crippen LogP contribution in [0.4, 0.5) is 5.82 Å². The van der Waals surface area contributed by atoms with Gasteiger partial charge >= 0.3 is 0 Å². The number of nitrogens with zero attached hydrogens (tertiary/aromatic N) is 4. The van der Waals surface area contributed by atoms with Crippen molar-refractivity contribution >= 4 is 34.7 Å². The Balaban J connectivity index is 1.90. The molecule has 1 aliphatic heterocycles. The maximum atomic E-state index is 12.3. The summed E-state index contributed by atoms with van der Waals surface area (Å²) < 4.78 is 0. The van der Waals surface area contributed by atoms with Gasteiger partial charge < -0.3 is 0 Å². The zero-order chi connectivity index (χ0) is 15.5. The van der Waals surface area contributed by atoms with E-state index < -0.39 is 0 Å². The molecule has 0 aliphatic carbocycles. The van der Waals surface area contributed by atoms with E-state index in [2.05, 4.69) is 15.0 Å². The highest BCUT2D eigenvalue weighted by molar-refractivity contribution is 8.18. The minimum absolute atomic E-state index is 0.0618. The van der Waals surface area contributed by atoms with Crippen molar-refractivity contribution in [2.45, 2.75) is 6.92 Å². The fourth-order valence-electron chi connectivity index (χ4n) is 1.95. The Morgan fingerprint density at radius 1 is 1.23 bits per heavy atom. The topological polar surface area (TPSA) is 58.5 Å². The second-order valence-corrected chi connectivity index (χ2v) is 5.80. The van der Waals surface area contributed by atoms with Gasteiger partial charge in [-0.05, 0) is 54.6 Å². The van der Waals surface area contributed by atoms with Gasteiger partial charge in [-0.3, -0.25) is 14.7 Å². The number of amidine groups is 1. The highest BCUT2D eigenvalue weighted by Gasteiger charge is 2.30. The standard InChI is InChI=1S/C16H14N4OS/c1-11-4-3-5-14(18-11)19-16-20(2)15(21)13(22-16)10-12-6-8-17-9-7-12/h3-10H,1-2H3/b13-10-,19-16+. The first-order valence-corrected chi connectivity index (χ1v) is 7.55. The molecule has 0 N–H and O–H groups in total. The van der Waals surface area contributed by atoms with E-state index in [1.807, 2.05) is 43.3 Å². The second-order valence-electron chi connectivity index (χ2n) is 4.79. The predicted molar refractivity (Wildman–Crippen MR) is 88.6 cm³/mol. The Morgan fingerprint density at radius 2 is 2.00 bits per heavy atom. The lowest BCUT2D eigenvalue weighted by Crippen LogP contribution is -2.23. The Morgan fingerprint density at radius 3 is 2.73 bits per heavy atom. The molecule has 0 bridgehead atoms. The van der Waals surface area contributed by atoms with Gasteiger partial charge in [-0.1, -0.05) is 6.07 Å². The molecule has 2 aromatic rings. The maximum absolute atomic E-state index is 12.3. The molecule has 0 aromatic carbocycles. The summed E-state index contributed by atoms with van der Waals surface area (Å²) in [4.78, 5) is 27.3. The quantitative estimate of drug-likeness (QED) is 0.800. The molecule has 22 heavy (non-hydrogen) atoms. The van der Waals surface area contributed by atoms with Gasteiger partial charge in [-0.15, -0.1) is 0 Å². The largest absolute Gasteiger partial charge is 0.289 e. The molecule has 0 atom stereocenters. The van der Waals surface area contributed by atoms with Crippen LogP contribution in [0.3, 0.4) is 0 Å². The van der Waals surface area contributed by atoms with Crippen LogP contribution in [-0.2, 0) is 4.79 Å². The molecule has 1 fully saturated rings. The van der Waals surface area contributed by atoms with Crippen molar-refractivity contribution in [3.05, 3.63) is 58.9 Å². The smallest absolute Gasteiger partial charge is 0.266 e. The molecule has 2 aromatic heterocycles. The molecular formula is C16H14N4OS. The highest BCUT2D eigenvalue weighted by atomic mass is 32.2. The Hall–Kier alpha value is -2.47. The second kappa shape index (κ2) is 6.11. The number of pyridine rings is 2. The van der Waals surface area contributed by atoms with Crippen molar-refractivity contribution in [2.24, 2.45) is 4.99 Å². The monoisotopic (exact) mass is 310 g/mol. The van der Waals surface area contributed by atoms with Gasteiger partial charge in [0.25, 0.3) is 5.91 Å². The lowest BCUT2D eigenvalue weighted by atomic mass is 10.2. The molecule has 0 saturated carbocycles. The van der Waals surface area contributed by atoms with Crippen LogP contribution in [0.25, 0.3) is 6.08 Å². The van der Waals surface area contributed by atoms with Crippen molar-refractivity contribution in [1.82, 2.24) is 14.9 Å². The number of aliphatic imine (C=N–C) groups is 1. The van der Waals surface area contributed by atoms with Gasteiger partial charge in [0.15, 0.2) is 11.0 Å². The summed E-state index contributed by atoms with van der Waals surface area (Å²) in [6, 6.07) is 9.35. The van der Waals surface area contributed by atoms with Crippen molar-refractivity contribution < 1.29 is 4.79 Å². The summed E-state index contributed by atoms with van der Waals surface area (Å²) in [6.07, 6.45) is 5.25. The normalized spacial score (nSPS) is 18.5. The van der Waals surface area contributed by atoms with E-state index in [0.717, 1.165) is 11.3 Å². The number of hydrogen-bond donors (Lipinski definition) is 0. The van der Waals surface area contributed by atoms with E-state index >= 15 is 0 Å². The molecule has 110 valence electrons. The lowest BCUT2D eigenvalue weighted by Gasteiger charge is -2.06. The van der Waals surface area contributed by atoms with Crippen LogP contribution in [0, 0.1) is 6.92 Å². The average Bonchev–Trinajstić information content (AvgIpc) is 2.77. The fraction of sp³-hybridized carbons (Fsp3) is 0.125. The SMILES string of the molecule is Cc1cccc(/N=C2/S/C(=C\c3ccncc3)C(=O)N2C)n1. The summed E-state index contributed by atoms with van der Waals surface area (Å²) in [6.45, 7) is 1.91. The fourth-order valence-corrected chi connectivity index (χ4v) is 2.93. The van der Waals surface area contributed by atoms with E-state index in [1.54, 1.807) is 24.3 Å². The molecule has 1 aliphatic rings. The van der Waals surface area contributed by atoms with Crippen molar-refractivity contribution in [3.63, 3.8) is 0 Å². The van der Waals surface area contributed by atoms with E-state index in [9.17, 15) is 4.79 Å². The highest BCUT2D eigenvalue weighted by Crippen LogP contribution is 2.32. The molecule has 5 nitrogen and oxygen atoms in total. The average molecular weight is 310 g/mol. The summed E-state index contributed by atoms with van der Waals surface area (Å²) in [7, 11) is 1.72. The predicted octanol–water partition coefficient (Wildman–Crippen LogP) is 3.02. The Bertz CT molecular complexity index is 771. The van der Waals surface area contributed by atoms with Gasteiger partial charge in [0.1, 0.15) is 0 Å². The van der Waals surface area contributed by atoms with Crippen LogP contribution in [0.1, 0.15) is 11.3 Å². The van der Waals surface area contributed by atoms with Crippen LogP contribution < -0.4 is 0 Å². The maximum Gasteiger partial charge on any atom is 0.266 e. The zero-order valence-corrected chi connectivity index (χ0v) is 13.0. The van der Waals surface area contributed by atoms with Gasteiger partial charge in [0.05, 0.1) is 4.91 Å². The first-order valence-electron chi connectivity index (χ1n) is 6.73. The van der Waals surface area contributed by atoms with Gasteiger partial charge in [0, 0.05) is 25.1 Å². The molecule has 0 radical (unpaired) electrons. The molecular weight excluding hydrogens is 296 g/mol. The zero-order valence-electron chi connectivity index (χ0n) is 12.2. The third kappa shape index (κ3) is 3.07. The third-order valence-electron chi connectivity index (χ3n) is 3.09. The molecule has 6 heteroatoms. The number of rotatable bonds is 2. The third-order valence-corrected chi connectivity index (χ3v) is 4.15. The number of thioether (sulfide) groups is 1. The molecule has 3 rings (SSSR count). The number of likely N-dealkylation sites (N-methyl/N-ethyl adjacent to an activating group) is 1. The van der Waals surface area contributed by atoms with Crippen LogP contribution in [-0.4, -0.2) is 33.0 Å². The summed E-state index contributed by atoms with van der Waals surface area (Å²) in [5.41, 5.74) is 1.83. The number of carbonyl (C=O) groups excluding carboxylic acids is 1. The number of carbonyl (C=O) groups is 1. The van der Waals surface area contributed by atoms with Crippen molar-refractivity contribution in [3.8, 4) is 0 Å². The van der Waals surface area contributed by atoms with Gasteiger partial charge in [0.2, 0.25) is 0 Å². The van der Waals surface area contributed by atoms with E-state index in [-0.39, 0.29) is 5.91 Å². The van der Waals surface area contributed by atoms with Crippen LogP contribution >= 0.6 is 11.8 Å². The minimum atomic E-state index is -0.0618.